The zero-order valence-electron chi connectivity index (χ0n) is 10.7. The highest BCUT2D eigenvalue weighted by Crippen LogP contribution is 2.22. The Balaban J connectivity index is 1.76. The molecule has 4 nitrogen and oxygen atoms in total. The molecule has 0 saturated carbocycles. The average Bonchev–Trinajstić information content (AvgIpc) is 2.72. The summed E-state index contributed by atoms with van der Waals surface area (Å²) in [6.07, 6.45) is -1.66. The molecule has 1 aromatic rings. The summed E-state index contributed by atoms with van der Waals surface area (Å²) in [6, 6.07) is 1.76. The smallest absolute Gasteiger partial charge is 0.370 e. The highest BCUT2D eigenvalue weighted by atomic mass is 19.4. The first-order chi connectivity index (χ1) is 8.92. The second-order valence-corrected chi connectivity index (χ2v) is 4.87. The normalized spacial score (nSPS) is 20.7. The number of nitrogens with zero attached hydrogens (tertiary/aromatic N) is 3. The maximum absolute atomic E-state index is 12.3. The van der Waals surface area contributed by atoms with Crippen LogP contribution in [0.15, 0.2) is 12.3 Å². The molecule has 19 heavy (non-hydrogen) atoms. The van der Waals surface area contributed by atoms with E-state index in [1.54, 1.807) is 19.2 Å². The van der Waals surface area contributed by atoms with Gasteiger partial charge in [-0.3, -0.25) is 4.90 Å². The number of hydrogen-bond acceptors (Lipinski definition) is 4. The van der Waals surface area contributed by atoms with E-state index < -0.39 is 12.7 Å². The SMILES string of the molecule is Cc1nccc(NCC2CCN(CC(F)(F)F)C2)n1. The van der Waals surface area contributed by atoms with Gasteiger partial charge < -0.3 is 5.32 Å². The fourth-order valence-electron chi connectivity index (χ4n) is 2.28. The van der Waals surface area contributed by atoms with Gasteiger partial charge >= 0.3 is 6.18 Å². The number of hydrogen-bond donors (Lipinski definition) is 1. The zero-order chi connectivity index (χ0) is 13.9. The van der Waals surface area contributed by atoms with Gasteiger partial charge in [0.05, 0.1) is 6.54 Å². The number of likely N-dealkylation sites (tertiary alicyclic amines) is 1. The Kier molecular flexibility index (Phi) is 4.24. The minimum atomic E-state index is -4.11. The molecule has 1 aliphatic rings. The van der Waals surface area contributed by atoms with Crippen molar-refractivity contribution in [2.75, 3.05) is 31.5 Å². The lowest BCUT2D eigenvalue weighted by Crippen LogP contribution is -2.33. The third-order valence-corrected chi connectivity index (χ3v) is 3.12. The molecule has 7 heteroatoms. The van der Waals surface area contributed by atoms with E-state index in [2.05, 4.69) is 15.3 Å². The highest BCUT2D eigenvalue weighted by molar-refractivity contribution is 5.32. The quantitative estimate of drug-likeness (QED) is 0.912. The number of anilines is 1. The van der Waals surface area contributed by atoms with Crippen molar-refractivity contribution in [3.8, 4) is 0 Å². The monoisotopic (exact) mass is 274 g/mol. The van der Waals surface area contributed by atoms with E-state index in [1.807, 2.05) is 0 Å². The first-order valence-electron chi connectivity index (χ1n) is 6.25. The first-order valence-corrected chi connectivity index (χ1v) is 6.25. The number of halogens is 3. The molecule has 2 rings (SSSR count). The van der Waals surface area contributed by atoms with Crippen LogP contribution in [0, 0.1) is 12.8 Å². The van der Waals surface area contributed by atoms with Crippen molar-refractivity contribution in [3.05, 3.63) is 18.1 Å². The van der Waals surface area contributed by atoms with Crippen LogP contribution in [-0.2, 0) is 0 Å². The third kappa shape index (κ3) is 4.66. The Labute approximate surface area is 110 Å². The molecular formula is C12H17F3N4. The zero-order valence-corrected chi connectivity index (χ0v) is 10.7. The van der Waals surface area contributed by atoms with E-state index in [1.165, 1.54) is 4.90 Å². The molecule has 0 aliphatic carbocycles. The molecule has 1 unspecified atom stereocenters. The summed E-state index contributed by atoms with van der Waals surface area (Å²) in [5.74, 6) is 1.63. The van der Waals surface area contributed by atoms with Gasteiger partial charge in [-0.05, 0) is 31.9 Å². The molecule has 1 aliphatic heterocycles. The maximum atomic E-state index is 12.3. The summed E-state index contributed by atoms with van der Waals surface area (Å²) in [7, 11) is 0. The molecule has 1 aromatic heterocycles. The van der Waals surface area contributed by atoms with Gasteiger partial charge in [0.2, 0.25) is 0 Å². The predicted octanol–water partition coefficient (Wildman–Crippen LogP) is 2.08. The number of rotatable bonds is 4. The second-order valence-electron chi connectivity index (χ2n) is 4.87. The van der Waals surface area contributed by atoms with Gasteiger partial charge in [0, 0.05) is 19.3 Å². The Morgan fingerprint density at radius 3 is 2.95 bits per heavy atom. The van der Waals surface area contributed by atoms with Crippen molar-refractivity contribution < 1.29 is 13.2 Å². The van der Waals surface area contributed by atoms with E-state index in [9.17, 15) is 13.2 Å². The molecule has 0 spiro atoms. The standard InChI is InChI=1S/C12H17F3N4/c1-9-16-4-2-11(18-9)17-6-10-3-5-19(7-10)8-12(13,14)15/h2,4,10H,3,5-8H2,1H3,(H,16,17,18). The van der Waals surface area contributed by atoms with Crippen molar-refractivity contribution in [1.29, 1.82) is 0 Å². The second kappa shape index (κ2) is 5.73. The molecule has 1 saturated heterocycles. The lowest BCUT2D eigenvalue weighted by molar-refractivity contribution is -0.143. The van der Waals surface area contributed by atoms with Crippen LogP contribution in [0.3, 0.4) is 0 Å². The van der Waals surface area contributed by atoms with Crippen molar-refractivity contribution in [1.82, 2.24) is 14.9 Å². The first kappa shape index (κ1) is 14.0. The van der Waals surface area contributed by atoms with Crippen LogP contribution in [0.1, 0.15) is 12.2 Å². The highest BCUT2D eigenvalue weighted by Gasteiger charge is 2.34. The Bertz CT molecular complexity index is 422. The van der Waals surface area contributed by atoms with Crippen LogP contribution in [0.4, 0.5) is 19.0 Å². The minimum Gasteiger partial charge on any atom is -0.370 e. The van der Waals surface area contributed by atoms with Crippen molar-refractivity contribution in [2.24, 2.45) is 5.92 Å². The van der Waals surface area contributed by atoms with E-state index in [4.69, 9.17) is 0 Å². The van der Waals surface area contributed by atoms with E-state index in [0.29, 0.717) is 25.5 Å². The average molecular weight is 274 g/mol. The van der Waals surface area contributed by atoms with Crippen LogP contribution >= 0.6 is 0 Å². The fourth-order valence-corrected chi connectivity index (χ4v) is 2.28. The summed E-state index contributed by atoms with van der Waals surface area (Å²) < 4.78 is 36.8. The van der Waals surface area contributed by atoms with Gasteiger partial charge in [-0.1, -0.05) is 0 Å². The molecule has 0 aromatic carbocycles. The van der Waals surface area contributed by atoms with Crippen molar-refractivity contribution >= 4 is 5.82 Å². The number of aromatic nitrogens is 2. The van der Waals surface area contributed by atoms with Crippen LogP contribution in [0.2, 0.25) is 0 Å². The summed E-state index contributed by atoms with van der Waals surface area (Å²) in [5, 5.41) is 3.15. The summed E-state index contributed by atoms with van der Waals surface area (Å²) in [4.78, 5) is 9.64. The van der Waals surface area contributed by atoms with Crippen molar-refractivity contribution in [2.45, 2.75) is 19.5 Å². The van der Waals surface area contributed by atoms with Gasteiger partial charge in [-0.2, -0.15) is 13.2 Å². The molecule has 0 amide bonds. The molecule has 106 valence electrons. The number of aryl methyl sites for hydroxylation is 1. The van der Waals surface area contributed by atoms with Crippen LogP contribution in [-0.4, -0.2) is 47.2 Å². The molecule has 1 N–H and O–H groups in total. The Morgan fingerprint density at radius 2 is 2.26 bits per heavy atom. The molecule has 0 bridgehead atoms. The minimum absolute atomic E-state index is 0.234. The summed E-state index contributed by atoms with van der Waals surface area (Å²) in [5.41, 5.74) is 0. The largest absolute Gasteiger partial charge is 0.401 e. The molecule has 2 heterocycles. The van der Waals surface area contributed by atoms with E-state index in [-0.39, 0.29) is 5.92 Å². The Hall–Kier alpha value is -1.37. The van der Waals surface area contributed by atoms with Gasteiger partial charge in [0.15, 0.2) is 0 Å². The summed E-state index contributed by atoms with van der Waals surface area (Å²) >= 11 is 0. The van der Waals surface area contributed by atoms with Crippen LogP contribution in [0.25, 0.3) is 0 Å². The number of nitrogens with one attached hydrogen (secondary N) is 1. The van der Waals surface area contributed by atoms with Crippen LogP contribution in [0.5, 0.6) is 0 Å². The van der Waals surface area contributed by atoms with E-state index in [0.717, 1.165) is 12.2 Å². The Morgan fingerprint density at radius 1 is 1.47 bits per heavy atom. The lowest BCUT2D eigenvalue weighted by atomic mass is 10.1. The predicted molar refractivity (Wildman–Crippen MR) is 65.9 cm³/mol. The molecular weight excluding hydrogens is 257 g/mol. The fraction of sp³-hybridized carbons (Fsp3) is 0.667. The third-order valence-electron chi connectivity index (χ3n) is 3.12. The van der Waals surface area contributed by atoms with Gasteiger partial charge in [0.25, 0.3) is 0 Å². The maximum Gasteiger partial charge on any atom is 0.401 e. The number of alkyl halides is 3. The summed E-state index contributed by atoms with van der Waals surface area (Å²) in [6.45, 7) is 2.62. The van der Waals surface area contributed by atoms with Gasteiger partial charge in [-0.15, -0.1) is 0 Å². The molecule has 1 atom stereocenters. The lowest BCUT2D eigenvalue weighted by Gasteiger charge is -2.18. The molecule has 1 fully saturated rings. The topological polar surface area (TPSA) is 41.1 Å². The van der Waals surface area contributed by atoms with Gasteiger partial charge in [-0.25, -0.2) is 9.97 Å². The molecule has 0 radical (unpaired) electrons. The van der Waals surface area contributed by atoms with Crippen LogP contribution < -0.4 is 5.32 Å². The van der Waals surface area contributed by atoms with E-state index >= 15 is 0 Å². The van der Waals surface area contributed by atoms with Gasteiger partial charge in [0.1, 0.15) is 11.6 Å². The van der Waals surface area contributed by atoms with Crippen molar-refractivity contribution in [3.63, 3.8) is 0 Å².